The fourth-order valence-electron chi connectivity index (χ4n) is 8.82. The van der Waals surface area contributed by atoms with Gasteiger partial charge in [0.1, 0.15) is 17.3 Å². The van der Waals surface area contributed by atoms with Crippen LogP contribution < -0.4 is 0 Å². The minimum absolute atomic E-state index is 0.0497. The van der Waals surface area contributed by atoms with Gasteiger partial charge in [0.2, 0.25) is 0 Å². The number of carbonyl (C=O) groups is 3. The lowest BCUT2D eigenvalue weighted by Gasteiger charge is -2.62. The van der Waals surface area contributed by atoms with Gasteiger partial charge in [0.25, 0.3) is 0 Å². The Bertz CT molecular complexity index is 987. The van der Waals surface area contributed by atoms with Crippen LogP contribution in [0.2, 0.25) is 0 Å². The van der Waals surface area contributed by atoms with Crippen molar-refractivity contribution < 1.29 is 38.8 Å². The zero-order chi connectivity index (χ0) is 28.4. The molecule has 8 heteroatoms. The van der Waals surface area contributed by atoms with E-state index in [1.165, 1.54) is 0 Å². The Morgan fingerprint density at radius 2 is 1.56 bits per heavy atom. The lowest BCUT2D eigenvalue weighted by molar-refractivity contribution is -0.262. The Hall–Kier alpha value is -1.67. The van der Waals surface area contributed by atoms with Gasteiger partial charge in [0, 0.05) is 32.1 Å². The van der Waals surface area contributed by atoms with E-state index < -0.39 is 27.8 Å². The molecule has 0 aromatic heterocycles. The van der Waals surface area contributed by atoms with Crippen LogP contribution in [0, 0.1) is 29.1 Å². The van der Waals surface area contributed by atoms with Gasteiger partial charge in [0.15, 0.2) is 0 Å². The number of ether oxygens (including phenoxy) is 3. The highest BCUT2D eigenvalue weighted by Gasteiger charge is 2.64. The van der Waals surface area contributed by atoms with Crippen LogP contribution in [0.1, 0.15) is 118 Å². The summed E-state index contributed by atoms with van der Waals surface area (Å²) < 4.78 is 17.3. The first-order valence-electron chi connectivity index (χ1n) is 15.2. The van der Waals surface area contributed by atoms with Crippen molar-refractivity contribution in [3.63, 3.8) is 0 Å². The molecule has 0 aromatic rings. The summed E-state index contributed by atoms with van der Waals surface area (Å²) >= 11 is 0. The number of hydrogen-bond donors (Lipinski definition) is 2. The van der Waals surface area contributed by atoms with Crippen LogP contribution >= 0.6 is 0 Å². The highest BCUT2D eigenvalue weighted by Crippen LogP contribution is 2.60. The Morgan fingerprint density at radius 3 is 2.15 bits per heavy atom. The van der Waals surface area contributed by atoms with Gasteiger partial charge in [-0.1, -0.05) is 20.8 Å². The van der Waals surface area contributed by atoms with Crippen LogP contribution in [0.4, 0.5) is 0 Å². The molecule has 39 heavy (non-hydrogen) atoms. The van der Waals surface area contributed by atoms with Crippen molar-refractivity contribution in [2.45, 2.75) is 147 Å². The third-order valence-corrected chi connectivity index (χ3v) is 10.7. The van der Waals surface area contributed by atoms with Gasteiger partial charge in [-0.2, -0.15) is 0 Å². The van der Waals surface area contributed by atoms with Crippen LogP contribution in [0.25, 0.3) is 0 Å². The van der Waals surface area contributed by atoms with Crippen molar-refractivity contribution in [1.29, 1.82) is 0 Å². The normalized spacial score (nSPS) is 44.1. The van der Waals surface area contributed by atoms with Crippen molar-refractivity contribution in [2.75, 3.05) is 0 Å². The maximum atomic E-state index is 12.4. The fraction of sp³-hybridized carbons (Fsp3) is 0.903. The average molecular weight is 549 g/mol. The first-order chi connectivity index (χ1) is 18.1. The van der Waals surface area contributed by atoms with Crippen LogP contribution in [-0.4, -0.2) is 56.6 Å². The van der Waals surface area contributed by atoms with Gasteiger partial charge in [-0.25, -0.2) is 0 Å². The molecule has 8 rings (SSSR count). The van der Waals surface area contributed by atoms with E-state index >= 15 is 0 Å². The standard InChI is InChI=1S/C16H24O4.C15H24O4/c1-4-15(2,3)14(18)20-16-7-10-5-11(8-16)13(17)19-12(6-10)9-16;1-3-10(2)12(16)19-15-6-11-4-13(17,8-15)7-14(18,5-11)9-15/h10-12H,4-9H2,1-3H3;10-11,17-18H,3-9H2,1-2H3. The predicted octanol–water partition coefficient (Wildman–Crippen LogP) is 4.61. The second-order valence-corrected chi connectivity index (χ2v) is 14.9. The molecule has 6 saturated carbocycles. The third kappa shape index (κ3) is 5.61. The highest BCUT2D eigenvalue weighted by molar-refractivity contribution is 5.77. The molecule has 2 aliphatic heterocycles. The van der Waals surface area contributed by atoms with Crippen LogP contribution in [-0.2, 0) is 28.6 Å². The van der Waals surface area contributed by atoms with Gasteiger partial charge in [0.05, 0.1) is 28.5 Å². The van der Waals surface area contributed by atoms with Gasteiger partial charge in [-0.3, -0.25) is 14.4 Å². The lowest BCUT2D eigenvalue weighted by atomic mass is 9.50. The number of carbonyl (C=O) groups excluding carboxylic acids is 3. The minimum atomic E-state index is -0.829. The largest absolute Gasteiger partial charge is 0.462 e. The van der Waals surface area contributed by atoms with Gasteiger partial charge < -0.3 is 24.4 Å². The first kappa shape index (κ1) is 28.8. The third-order valence-electron chi connectivity index (χ3n) is 10.7. The summed E-state index contributed by atoms with van der Waals surface area (Å²) in [5, 5.41) is 21.2. The summed E-state index contributed by atoms with van der Waals surface area (Å²) in [6, 6.07) is 0. The Kier molecular flexibility index (Phi) is 7.18. The molecule has 0 radical (unpaired) electrons. The van der Waals surface area contributed by atoms with E-state index in [0.29, 0.717) is 38.0 Å². The molecule has 2 N–H and O–H groups in total. The van der Waals surface area contributed by atoms with Crippen LogP contribution in [0.5, 0.6) is 0 Å². The summed E-state index contributed by atoms with van der Waals surface area (Å²) in [5.74, 6) is 0.180. The van der Waals surface area contributed by atoms with Crippen molar-refractivity contribution in [1.82, 2.24) is 0 Å². The molecule has 8 nitrogen and oxygen atoms in total. The molecule has 8 aliphatic rings. The topological polar surface area (TPSA) is 119 Å². The molecule has 0 amide bonds. The Balaban J connectivity index is 0.000000158. The first-order valence-corrected chi connectivity index (χ1v) is 15.2. The second kappa shape index (κ2) is 9.71. The van der Waals surface area contributed by atoms with Crippen molar-refractivity contribution in [2.24, 2.45) is 29.1 Å². The van der Waals surface area contributed by atoms with Crippen LogP contribution in [0.3, 0.4) is 0 Å². The average Bonchev–Trinajstić information content (AvgIpc) is 2.96. The number of hydrogen-bond acceptors (Lipinski definition) is 8. The van der Waals surface area contributed by atoms with Crippen molar-refractivity contribution >= 4 is 17.9 Å². The predicted molar refractivity (Wildman–Crippen MR) is 142 cm³/mol. The summed E-state index contributed by atoms with van der Waals surface area (Å²) in [6.45, 7) is 9.68. The summed E-state index contributed by atoms with van der Waals surface area (Å²) in [4.78, 5) is 36.5. The van der Waals surface area contributed by atoms with Gasteiger partial charge >= 0.3 is 17.9 Å². The maximum Gasteiger partial charge on any atom is 0.312 e. The van der Waals surface area contributed by atoms with Crippen molar-refractivity contribution in [3.05, 3.63) is 0 Å². The molecule has 2 saturated heterocycles. The monoisotopic (exact) mass is 548 g/mol. The van der Waals surface area contributed by atoms with E-state index in [2.05, 4.69) is 0 Å². The number of fused-ring (bicyclic) bond motifs is 1. The molecule has 8 fully saturated rings. The molecule has 8 bridgehead atoms. The SMILES string of the molecule is CCC(C)(C)C(=O)OC12CC3CC(C1)OC(=O)C(C3)C2.CCC(C)C(=O)OC12CC3CC(O)(CC(O)(C3)C1)C2. The number of esters is 3. The molecule has 220 valence electrons. The molecule has 0 spiro atoms. The fourth-order valence-corrected chi connectivity index (χ4v) is 8.82. The Morgan fingerprint density at radius 1 is 0.923 bits per heavy atom. The molecular weight excluding hydrogens is 500 g/mol. The molecule has 6 aliphatic carbocycles. The molecular formula is C31H48O8. The zero-order valence-corrected chi connectivity index (χ0v) is 24.4. The van der Waals surface area contributed by atoms with E-state index in [0.717, 1.165) is 51.4 Å². The quantitative estimate of drug-likeness (QED) is 0.365. The van der Waals surface area contributed by atoms with E-state index in [1.54, 1.807) is 0 Å². The molecule has 7 atom stereocenters. The zero-order valence-electron chi connectivity index (χ0n) is 24.4. The van der Waals surface area contributed by atoms with Gasteiger partial charge in [-0.05, 0) is 77.0 Å². The van der Waals surface area contributed by atoms with E-state index in [-0.39, 0.29) is 41.8 Å². The molecule has 2 heterocycles. The minimum Gasteiger partial charge on any atom is -0.462 e. The smallest absolute Gasteiger partial charge is 0.312 e. The van der Waals surface area contributed by atoms with E-state index in [9.17, 15) is 24.6 Å². The summed E-state index contributed by atoms with van der Waals surface area (Å²) in [5.41, 5.74) is -3.19. The summed E-state index contributed by atoms with van der Waals surface area (Å²) in [6.07, 6.45) is 9.32. The summed E-state index contributed by atoms with van der Waals surface area (Å²) in [7, 11) is 0. The second-order valence-electron chi connectivity index (χ2n) is 14.9. The van der Waals surface area contributed by atoms with Crippen molar-refractivity contribution in [3.8, 4) is 0 Å². The number of aliphatic hydroxyl groups is 2. The lowest BCUT2D eigenvalue weighted by Crippen LogP contribution is -2.67. The van der Waals surface area contributed by atoms with E-state index in [1.807, 2.05) is 34.6 Å². The maximum absolute atomic E-state index is 12.4. The highest BCUT2D eigenvalue weighted by atomic mass is 16.6. The van der Waals surface area contributed by atoms with Crippen LogP contribution in [0.15, 0.2) is 0 Å². The molecule has 7 unspecified atom stereocenters. The molecule has 0 aromatic carbocycles. The Labute approximate surface area is 232 Å². The van der Waals surface area contributed by atoms with E-state index in [4.69, 9.17) is 14.2 Å². The number of rotatable bonds is 6. The van der Waals surface area contributed by atoms with Gasteiger partial charge in [-0.15, -0.1) is 0 Å².